The monoisotopic (exact) mass is 210 g/mol. The summed E-state index contributed by atoms with van der Waals surface area (Å²) in [6.07, 6.45) is 0. The first-order valence-corrected chi connectivity index (χ1v) is 4.50. The van der Waals surface area contributed by atoms with Crippen LogP contribution in [0.3, 0.4) is 0 Å². The topological polar surface area (TPSA) is 84.6 Å². The SMILES string of the molecule is COCCNC(=O)c1ccc(N)cc1O. The highest BCUT2D eigenvalue weighted by atomic mass is 16.5. The molecule has 1 rings (SSSR count). The van der Waals surface area contributed by atoms with Gasteiger partial charge in [-0.15, -0.1) is 0 Å². The van der Waals surface area contributed by atoms with E-state index in [9.17, 15) is 9.90 Å². The first-order valence-electron chi connectivity index (χ1n) is 4.50. The number of aromatic hydroxyl groups is 1. The smallest absolute Gasteiger partial charge is 0.255 e. The number of phenolic OH excluding ortho intramolecular Hbond substituents is 1. The summed E-state index contributed by atoms with van der Waals surface area (Å²) in [6.45, 7) is 0.834. The maximum absolute atomic E-state index is 11.5. The number of rotatable bonds is 4. The zero-order chi connectivity index (χ0) is 11.3. The molecule has 15 heavy (non-hydrogen) atoms. The summed E-state index contributed by atoms with van der Waals surface area (Å²) in [5, 5.41) is 12.0. The molecule has 1 amide bonds. The Bertz CT molecular complexity index is 353. The minimum absolute atomic E-state index is 0.120. The van der Waals surface area contributed by atoms with E-state index in [1.54, 1.807) is 13.2 Å². The first kappa shape index (κ1) is 11.3. The van der Waals surface area contributed by atoms with Crippen molar-refractivity contribution in [2.75, 3.05) is 26.0 Å². The van der Waals surface area contributed by atoms with Gasteiger partial charge in [0.2, 0.25) is 0 Å². The van der Waals surface area contributed by atoms with E-state index in [0.29, 0.717) is 18.8 Å². The Morgan fingerprint density at radius 2 is 2.33 bits per heavy atom. The molecule has 0 aromatic heterocycles. The Kier molecular flexibility index (Phi) is 3.93. The molecule has 0 radical (unpaired) electrons. The van der Waals surface area contributed by atoms with E-state index in [1.165, 1.54) is 12.1 Å². The molecule has 5 nitrogen and oxygen atoms in total. The van der Waals surface area contributed by atoms with E-state index in [0.717, 1.165) is 0 Å². The van der Waals surface area contributed by atoms with Gasteiger partial charge in [-0.3, -0.25) is 4.79 Å². The van der Waals surface area contributed by atoms with Crippen LogP contribution in [0.1, 0.15) is 10.4 Å². The molecule has 0 saturated carbocycles. The zero-order valence-corrected chi connectivity index (χ0v) is 8.49. The molecule has 0 aliphatic carbocycles. The summed E-state index contributed by atoms with van der Waals surface area (Å²) in [4.78, 5) is 11.5. The number of carbonyl (C=O) groups is 1. The standard InChI is InChI=1S/C10H14N2O3/c1-15-5-4-12-10(14)8-3-2-7(11)6-9(8)13/h2-3,6,13H,4-5,11H2,1H3,(H,12,14). The van der Waals surface area contributed by atoms with Crippen molar-refractivity contribution in [3.05, 3.63) is 23.8 Å². The third kappa shape index (κ3) is 3.14. The van der Waals surface area contributed by atoms with Crippen LogP contribution >= 0.6 is 0 Å². The number of carbonyl (C=O) groups excluding carboxylic acids is 1. The molecule has 1 aromatic rings. The van der Waals surface area contributed by atoms with E-state index < -0.39 is 0 Å². The normalized spacial score (nSPS) is 9.93. The fourth-order valence-corrected chi connectivity index (χ4v) is 1.10. The Labute approximate surface area is 87.9 Å². The van der Waals surface area contributed by atoms with Crippen LogP contribution in [0.4, 0.5) is 5.69 Å². The highest BCUT2D eigenvalue weighted by Crippen LogP contribution is 2.19. The molecular weight excluding hydrogens is 196 g/mol. The van der Waals surface area contributed by atoms with Crippen molar-refractivity contribution in [3.63, 3.8) is 0 Å². The van der Waals surface area contributed by atoms with Crippen LogP contribution in [0.25, 0.3) is 0 Å². The van der Waals surface area contributed by atoms with Gasteiger partial charge in [-0.2, -0.15) is 0 Å². The molecular formula is C10H14N2O3. The van der Waals surface area contributed by atoms with Crippen LogP contribution in [-0.4, -0.2) is 31.3 Å². The van der Waals surface area contributed by atoms with Crippen LogP contribution in [0.15, 0.2) is 18.2 Å². The largest absolute Gasteiger partial charge is 0.507 e. The number of phenols is 1. The van der Waals surface area contributed by atoms with Crippen LogP contribution < -0.4 is 11.1 Å². The molecule has 0 fully saturated rings. The number of methoxy groups -OCH3 is 1. The summed E-state index contributed by atoms with van der Waals surface area (Å²) in [5.41, 5.74) is 6.06. The number of hydrogen-bond donors (Lipinski definition) is 3. The molecule has 0 bridgehead atoms. The van der Waals surface area contributed by atoms with E-state index in [2.05, 4.69) is 5.32 Å². The summed E-state index contributed by atoms with van der Waals surface area (Å²) in [7, 11) is 1.55. The molecule has 82 valence electrons. The summed E-state index contributed by atoms with van der Waals surface area (Å²) in [5.74, 6) is -0.463. The van der Waals surface area contributed by atoms with Gasteiger partial charge in [-0.1, -0.05) is 0 Å². The van der Waals surface area contributed by atoms with Gasteiger partial charge in [0.1, 0.15) is 5.75 Å². The molecule has 0 spiro atoms. The Morgan fingerprint density at radius 1 is 1.60 bits per heavy atom. The Balaban J connectivity index is 2.65. The fraction of sp³-hybridized carbons (Fsp3) is 0.300. The maximum Gasteiger partial charge on any atom is 0.255 e. The highest BCUT2D eigenvalue weighted by molar-refractivity contribution is 5.97. The molecule has 1 aromatic carbocycles. The van der Waals surface area contributed by atoms with E-state index >= 15 is 0 Å². The molecule has 0 saturated heterocycles. The number of benzene rings is 1. The second kappa shape index (κ2) is 5.21. The summed E-state index contributed by atoms with van der Waals surface area (Å²) < 4.78 is 4.78. The van der Waals surface area contributed by atoms with Crippen molar-refractivity contribution >= 4 is 11.6 Å². The Hall–Kier alpha value is -1.75. The van der Waals surface area contributed by atoms with Crippen LogP contribution in [0, 0.1) is 0 Å². The van der Waals surface area contributed by atoms with Crippen LogP contribution in [0.2, 0.25) is 0 Å². The van der Waals surface area contributed by atoms with Gasteiger partial charge in [0, 0.05) is 25.4 Å². The van der Waals surface area contributed by atoms with Gasteiger partial charge < -0.3 is 20.9 Å². The third-order valence-electron chi connectivity index (χ3n) is 1.86. The minimum atomic E-state index is -0.343. The van der Waals surface area contributed by atoms with Crippen molar-refractivity contribution < 1.29 is 14.6 Å². The molecule has 4 N–H and O–H groups in total. The van der Waals surface area contributed by atoms with Gasteiger partial charge in [0.25, 0.3) is 5.91 Å². The predicted octanol–water partition coefficient (Wildman–Crippen LogP) is 0.351. The lowest BCUT2D eigenvalue weighted by atomic mass is 10.1. The molecule has 0 heterocycles. The summed E-state index contributed by atoms with van der Waals surface area (Å²) >= 11 is 0. The number of nitrogens with one attached hydrogen (secondary N) is 1. The number of anilines is 1. The lowest BCUT2D eigenvalue weighted by Gasteiger charge is -2.06. The van der Waals surface area contributed by atoms with Crippen molar-refractivity contribution in [3.8, 4) is 5.75 Å². The van der Waals surface area contributed by atoms with Gasteiger partial charge in [-0.05, 0) is 12.1 Å². The number of amides is 1. The second-order valence-electron chi connectivity index (χ2n) is 3.03. The molecule has 0 atom stereocenters. The lowest BCUT2D eigenvalue weighted by Crippen LogP contribution is -2.26. The molecule has 0 unspecified atom stereocenters. The average Bonchev–Trinajstić information content (AvgIpc) is 2.17. The van der Waals surface area contributed by atoms with Crippen molar-refractivity contribution in [1.29, 1.82) is 0 Å². The maximum atomic E-state index is 11.5. The minimum Gasteiger partial charge on any atom is -0.507 e. The van der Waals surface area contributed by atoms with Gasteiger partial charge >= 0.3 is 0 Å². The van der Waals surface area contributed by atoms with E-state index in [1.807, 2.05) is 0 Å². The first-order chi connectivity index (χ1) is 7.15. The fourth-order valence-electron chi connectivity index (χ4n) is 1.10. The van der Waals surface area contributed by atoms with Crippen molar-refractivity contribution in [2.45, 2.75) is 0 Å². The van der Waals surface area contributed by atoms with Crippen LogP contribution in [0.5, 0.6) is 5.75 Å². The van der Waals surface area contributed by atoms with Gasteiger partial charge in [0.05, 0.1) is 12.2 Å². The Morgan fingerprint density at radius 3 is 2.93 bits per heavy atom. The average molecular weight is 210 g/mol. The van der Waals surface area contributed by atoms with E-state index in [-0.39, 0.29) is 17.2 Å². The molecule has 5 heteroatoms. The second-order valence-corrected chi connectivity index (χ2v) is 3.03. The van der Waals surface area contributed by atoms with Gasteiger partial charge in [0.15, 0.2) is 0 Å². The lowest BCUT2D eigenvalue weighted by molar-refractivity contribution is 0.0934. The van der Waals surface area contributed by atoms with Gasteiger partial charge in [-0.25, -0.2) is 0 Å². The predicted molar refractivity (Wildman–Crippen MR) is 56.7 cm³/mol. The number of nitrogen functional groups attached to an aromatic ring is 1. The summed E-state index contributed by atoms with van der Waals surface area (Å²) in [6, 6.07) is 4.38. The highest BCUT2D eigenvalue weighted by Gasteiger charge is 2.09. The van der Waals surface area contributed by atoms with Crippen LogP contribution in [-0.2, 0) is 4.74 Å². The third-order valence-corrected chi connectivity index (χ3v) is 1.86. The van der Waals surface area contributed by atoms with Crippen molar-refractivity contribution in [2.24, 2.45) is 0 Å². The molecule has 0 aliphatic heterocycles. The number of ether oxygens (including phenoxy) is 1. The zero-order valence-electron chi connectivity index (χ0n) is 8.49. The molecule has 0 aliphatic rings. The quantitative estimate of drug-likeness (QED) is 0.494. The number of nitrogens with two attached hydrogens (primary N) is 1. The van der Waals surface area contributed by atoms with E-state index in [4.69, 9.17) is 10.5 Å². The van der Waals surface area contributed by atoms with Crippen molar-refractivity contribution in [1.82, 2.24) is 5.32 Å². The number of hydrogen-bond acceptors (Lipinski definition) is 4.